The predicted octanol–water partition coefficient (Wildman–Crippen LogP) is 3.81. The summed E-state index contributed by atoms with van der Waals surface area (Å²) in [5.41, 5.74) is 0.772. The van der Waals surface area contributed by atoms with Gasteiger partial charge in [-0.1, -0.05) is 41.9 Å². The van der Waals surface area contributed by atoms with Crippen molar-refractivity contribution >= 4 is 58.8 Å². The Bertz CT molecular complexity index is 1470. The molecule has 1 heterocycles. The molecule has 0 atom stereocenters. The molecule has 10 nitrogen and oxygen atoms in total. The van der Waals surface area contributed by atoms with Gasteiger partial charge in [0.15, 0.2) is 6.61 Å². The highest BCUT2D eigenvalue weighted by atomic mass is 35.5. The molecule has 0 bridgehead atoms. The Morgan fingerprint density at radius 2 is 1.66 bits per heavy atom. The molecule has 11 heteroatoms. The SMILES string of the molecule is COC(=O)c1ccc(N2C(=O)NC(=O)/C(=C/c3ccccc3OCC(=O)Nc3ccccc3Cl)C2=O)cc1. The third kappa shape index (κ3) is 5.71. The van der Waals surface area contributed by atoms with Crippen molar-refractivity contribution in [2.75, 3.05) is 23.9 Å². The molecule has 3 aromatic carbocycles. The largest absolute Gasteiger partial charge is 0.483 e. The van der Waals surface area contributed by atoms with Gasteiger partial charge in [-0.25, -0.2) is 14.5 Å². The Kier molecular flexibility index (Phi) is 7.83. The van der Waals surface area contributed by atoms with Crippen LogP contribution in [0.2, 0.25) is 5.02 Å². The van der Waals surface area contributed by atoms with Crippen LogP contribution >= 0.6 is 11.6 Å². The number of carbonyl (C=O) groups excluding carboxylic acids is 5. The molecule has 0 saturated carbocycles. The molecule has 1 aliphatic heterocycles. The van der Waals surface area contributed by atoms with Crippen molar-refractivity contribution in [3.8, 4) is 5.75 Å². The summed E-state index contributed by atoms with van der Waals surface area (Å²) in [6, 6.07) is 17.8. The monoisotopic (exact) mass is 533 g/mol. The number of ether oxygens (including phenoxy) is 2. The molecule has 0 aliphatic carbocycles. The average Bonchev–Trinajstić information content (AvgIpc) is 2.91. The summed E-state index contributed by atoms with van der Waals surface area (Å²) in [5, 5.41) is 5.13. The highest BCUT2D eigenvalue weighted by molar-refractivity contribution is 6.39. The number of imide groups is 2. The third-order valence-electron chi connectivity index (χ3n) is 5.37. The van der Waals surface area contributed by atoms with E-state index in [1.165, 1.54) is 37.5 Å². The molecular weight excluding hydrogens is 514 g/mol. The van der Waals surface area contributed by atoms with E-state index in [0.29, 0.717) is 16.3 Å². The fraction of sp³-hybridized carbons (Fsp3) is 0.0741. The standard InChI is InChI=1S/C27H20ClN3O7/c1-37-26(35)16-10-12-18(13-11-16)31-25(34)19(24(33)30-27(31)36)14-17-6-2-5-9-22(17)38-15-23(32)29-21-8-4-3-7-20(21)28/h2-14H,15H2,1H3,(H,29,32)(H,30,33,36)/b19-14-. The van der Waals surface area contributed by atoms with Crippen molar-refractivity contribution in [3.05, 3.63) is 94.5 Å². The van der Waals surface area contributed by atoms with Crippen LogP contribution in [0.4, 0.5) is 16.2 Å². The number of barbiturate groups is 1. The van der Waals surface area contributed by atoms with Gasteiger partial charge in [-0.05, 0) is 48.5 Å². The van der Waals surface area contributed by atoms with E-state index in [-0.39, 0.29) is 29.2 Å². The number of hydrogen-bond acceptors (Lipinski definition) is 7. The summed E-state index contributed by atoms with van der Waals surface area (Å²) in [6.45, 7) is -0.372. The van der Waals surface area contributed by atoms with E-state index < -0.39 is 29.7 Å². The Labute approximate surface area is 221 Å². The van der Waals surface area contributed by atoms with E-state index in [4.69, 9.17) is 16.3 Å². The van der Waals surface area contributed by atoms with Gasteiger partial charge in [0.2, 0.25) is 0 Å². The number of rotatable bonds is 7. The van der Waals surface area contributed by atoms with Gasteiger partial charge < -0.3 is 14.8 Å². The number of carbonyl (C=O) groups is 5. The number of methoxy groups -OCH3 is 1. The predicted molar refractivity (Wildman–Crippen MR) is 139 cm³/mol. The maximum atomic E-state index is 13.2. The van der Waals surface area contributed by atoms with Gasteiger partial charge in [-0.15, -0.1) is 0 Å². The van der Waals surface area contributed by atoms with Gasteiger partial charge >= 0.3 is 12.0 Å². The van der Waals surface area contributed by atoms with Crippen molar-refractivity contribution < 1.29 is 33.4 Å². The summed E-state index contributed by atoms with van der Waals surface area (Å²) in [6.07, 6.45) is 1.27. The van der Waals surface area contributed by atoms with Crippen LogP contribution in [0, 0.1) is 0 Å². The van der Waals surface area contributed by atoms with Crippen LogP contribution in [0.25, 0.3) is 6.08 Å². The fourth-order valence-corrected chi connectivity index (χ4v) is 3.72. The molecular formula is C27H20ClN3O7. The molecule has 0 unspecified atom stereocenters. The number of urea groups is 1. The second-order valence-electron chi connectivity index (χ2n) is 7.85. The molecule has 0 spiro atoms. The van der Waals surface area contributed by atoms with Crippen LogP contribution < -0.4 is 20.3 Å². The lowest BCUT2D eigenvalue weighted by Crippen LogP contribution is -2.54. The van der Waals surface area contributed by atoms with E-state index in [2.05, 4.69) is 15.4 Å². The number of halogens is 1. The topological polar surface area (TPSA) is 131 Å². The lowest BCUT2D eigenvalue weighted by atomic mass is 10.1. The van der Waals surface area contributed by atoms with Crippen molar-refractivity contribution in [3.63, 3.8) is 0 Å². The van der Waals surface area contributed by atoms with E-state index >= 15 is 0 Å². The van der Waals surface area contributed by atoms with E-state index in [0.717, 1.165) is 4.90 Å². The molecule has 0 aromatic heterocycles. The molecule has 1 fully saturated rings. The Hall–Kier alpha value is -4.96. The zero-order chi connectivity index (χ0) is 27.2. The lowest BCUT2D eigenvalue weighted by molar-refractivity contribution is -0.122. The van der Waals surface area contributed by atoms with Crippen molar-refractivity contribution in [2.45, 2.75) is 0 Å². The maximum Gasteiger partial charge on any atom is 0.337 e. The highest BCUT2D eigenvalue weighted by Gasteiger charge is 2.37. The lowest BCUT2D eigenvalue weighted by Gasteiger charge is -2.26. The van der Waals surface area contributed by atoms with Gasteiger partial charge in [0.1, 0.15) is 11.3 Å². The zero-order valence-corrected chi connectivity index (χ0v) is 20.7. The first-order chi connectivity index (χ1) is 18.3. The Morgan fingerprint density at radius 1 is 0.974 bits per heavy atom. The number of amides is 5. The summed E-state index contributed by atoms with van der Waals surface area (Å²) in [4.78, 5) is 63.1. The minimum atomic E-state index is -0.941. The third-order valence-corrected chi connectivity index (χ3v) is 5.70. The van der Waals surface area contributed by atoms with Crippen LogP contribution in [-0.4, -0.2) is 43.4 Å². The molecule has 38 heavy (non-hydrogen) atoms. The van der Waals surface area contributed by atoms with E-state index in [9.17, 15) is 24.0 Å². The smallest absolute Gasteiger partial charge is 0.337 e. The molecule has 1 saturated heterocycles. The molecule has 4 rings (SSSR count). The number of para-hydroxylation sites is 2. The van der Waals surface area contributed by atoms with Gasteiger partial charge in [0.05, 0.1) is 29.1 Å². The maximum absolute atomic E-state index is 13.2. The second kappa shape index (κ2) is 11.4. The normalized spacial score (nSPS) is 14.2. The second-order valence-corrected chi connectivity index (χ2v) is 8.26. The molecule has 192 valence electrons. The van der Waals surface area contributed by atoms with Crippen LogP contribution in [-0.2, 0) is 19.1 Å². The fourth-order valence-electron chi connectivity index (χ4n) is 3.54. The molecule has 3 aromatic rings. The molecule has 5 amide bonds. The number of benzene rings is 3. The first-order valence-electron chi connectivity index (χ1n) is 11.1. The average molecular weight is 534 g/mol. The number of esters is 1. The van der Waals surface area contributed by atoms with Crippen molar-refractivity contribution in [2.24, 2.45) is 0 Å². The van der Waals surface area contributed by atoms with Gasteiger partial charge in [0, 0.05) is 5.56 Å². The van der Waals surface area contributed by atoms with Crippen LogP contribution in [0.15, 0.2) is 78.4 Å². The quantitative estimate of drug-likeness (QED) is 0.268. The van der Waals surface area contributed by atoms with E-state index in [1.807, 2.05) is 0 Å². The minimum Gasteiger partial charge on any atom is -0.483 e. The zero-order valence-electron chi connectivity index (χ0n) is 19.9. The van der Waals surface area contributed by atoms with E-state index in [1.54, 1.807) is 48.5 Å². The number of nitrogens with one attached hydrogen (secondary N) is 2. The summed E-state index contributed by atoms with van der Waals surface area (Å²) in [7, 11) is 1.23. The number of anilines is 2. The van der Waals surface area contributed by atoms with Crippen molar-refractivity contribution in [1.29, 1.82) is 0 Å². The molecule has 1 aliphatic rings. The van der Waals surface area contributed by atoms with Gasteiger partial charge in [-0.3, -0.25) is 19.7 Å². The highest BCUT2D eigenvalue weighted by Crippen LogP contribution is 2.26. The summed E-state index contributed by atoms with van der Waals surface area (Å²) in [5.74, 6) is -2.61. The summed E-state index contributed by atoms with van der Waals surface area (Å²) >= 11 is 6.06. The Morgan fingerprint density at radius 3 is 2.37 bits per heavy atom. The van der Waals surface area contributed by atoms with Gasteiger partial charge in [-0.2, -0.15) is 0 Å². The number of hydrogen-bond donors (Lipinski definition) is 2. The first kappa shape index (κ1) is 26.1. The van der Waals surface area contributed by atoms with Crippen LogP contribution in [0.5, 0.6) is 5.75 Å². The minimum absolute atomic E-state index is 0.138. The van der Waals surface area contributed by atoms with Crippen LogP contribution in [0.1, 0.15) is 15.9 Å². The van der Waals surface area contributed by atoms with Gasteiger partial charge in [0.25, 0.3) is 17.7 Å². The molecule has 0 radical (unpaired) electrons. The summed E-state index contributed by atoms with van der Waals surface area (Å²) < 4.78 is 10.3. The van der Waals surface area contributed by atoms with Crippen LogP contribution in [0.3, 0.4) is 0 Å². The molecule has 2 N–H and O–H groups in total. The first-order valence-corrected chi connectivity index (χ1v) is 11.5. The number of nitrogens with zero attached hydrogens (tertiary/aromatic N) is 1. The van der Waals surface area contributed by atoms with Crippen molar-refractivity contribution in [1.82, 2.24) is 5.32 Å². The Balaban J connectivity index is 1.55.